The van der Waals surface area contributed by atoms with Crippen LogP contribution in [0.15, 0.2) is 29.3 Å². The van der Waals surface area contributed by atoms with Gasteiger partial charge in [-0.05, 0) is 38.1 Å². The Kier molecular flexibility index (Phi) is 4.93. The Bertz CT molecular complexity index is 774. The zero-order valence-electron chi connectivity index (χ0n) is 12.8. The van der Waals surface area contributed by atoms with Gasteiger partial charge in [0, 0.05) is 19.2 Å². The molecule has 23 heavy (non-hydrogen) atoms. The molecule has 1 heterocycles. The van der Waals surface area contributed by atoms with E-state index in [1.807, 2.05) is 18.4 Å². The summed E-state index contributed by atoms with van der Waals surface area (Å²) < 4.78 is 42.1. The maximum absolute atomic E-state index is 12.1. The summed E-state index contributed by atoms with van der Waals surface area (Å²) in [6.45, 7) is 5.91. The van der Waals surface area contributed by atoms with E-state index in [4.69, 9.17) is 0 Å². The van der Waals surface area contributed by atoms with Crippen molar-refractivity contribution in [2.75, 3.05) is 0 Å². The minimum Gasteiger partial charge on any atom is -0.406 e. The highest BCUT2D eigenvalue weighted by atomic mass is 32.1. The van der Waals surface area contributed by atoms with Crippen LogP contribution in [0.3, 0.4) is 0 Å². The minimum absolute atomic E-state index is 0.0370. The first-order valence-corrected chi connectivity index (χ1v) is 7.64. The van der Waals surface area contributed by atoms with Crippen LogP contribution < -0.4 is 9.54 Å². The number of halogens is 3. The molecule has 0 aliphatic carbocycles. The van der Waals surface area contributed by atoms with E-state index in [-0.39, 0.29) is 11.5 Å². The molecule has 0 atom stereocenters. The van der Waals surface area contributed by atoms with Gasteiger partial charge >= 0.3 is 6.36 Å². The van der Waals surface area contributed by atoms with Gasteiger partial charge in [-0.3, -0.25) is 4.79 Å². The fourth-order valence-corrected chi connectivity index (χ4v) is 3.21. The number of benzene rings is 1. The van der Waals surface area contributed by atoms with Crippen LogP contribution in [0.25, 0.3) is 0 Å². The molecular formula is C15H15F3N2O2S. The molecule has 0 N–H and O–H groups in total. The Labute approximate surface area is 134 Å². The van der Waals surface area contributed by atoms with E-state index in [1.54, 1.807) is 0 Å². The standard InChI is InChI=1S/C15H15F3N2O2S/c1-4-20-9(2)13(10(3)21)23-14(20)19-11-5-7-12(8-6-11)22-15(16,17)18/h5-8H,4H2,1-3H3/b19-14+. The number of alkyl halides is 3. The zero-order valence-corrected chi connectivity index (χ0v) is 13.6. The van der Waals surface area contributed by atoms with Crippen molar-refractivity contribution in [3.63, 3.8) is 0 Å². The van der Waals surface area contributed by atoms with Crippen molar-refractivity contribution in [2.24, 2.45) is 4.99 Å². The lowest BCUT2D eigenvalue weighted by Gasteiger charge is -2.08. The predicted molar refractivity (Wildman–Crippen MR) is 81.1 cm³/mol. The molecule has 0 bridgehead atoms. The minimum atomic E-state index is -4.72. The first-order valence-electron chi connectivity index (χ1n) is 6.83. The molecule has 0 unspecified atom stereocenters. The molecule has 0 spiro atoms. The normalized spacial score (nSPS) is 12.5. The van der Waals surface area contributed by atoms with Crippen LogP contribution >= 0.6 is 11.3 Å². The van der Waals surface area contributed by atoms with E-state index < -0.39 is 6.36 Å². The lowest BCUT2D eigenvalue weighted by Crippen LogP contribution is -2.17. The second kappa shape index (κ2) is 6.57. The van der Waals surface area contributed by atoms with Crippen molar-refractivity contribution >= 4 is 22.8 Å². The van der Waals surface area contributed by atoms with Crippen LogP contribution in [0, 0.1) is 6.92 Å². The number of ether oxygens (including phenoxy) is 1. The molecule has 0 aliphatic rings. The average Bonchev–Trinajstić information content (AvgIpc) is 2.75. The lowest BCUT2D eigenvalue weighted by atomic mass is 10.3. The number of carbonyl (C=O) groups is 1. The number of hydrogen-bond donors (Lipinski definition) is 0. The van der Waals surface area contributed by atoms with E-state index in [2.05, 4.69) is 9.73 Å². The monoisotopic (exact) mass is 344 g/mol. The summed E-state index contributed by atoms with van der Waals surface area (Å²) in [5.74, 6) is -0.336. The van der Waals surface area contributed by atoms with E-state index >= 15 is 0 Å². The van der Waals surface area contributed by atoms with Crippen LogP contribution in [0.1, 0.15) is 29.2 Å². The van der Waals surface area contributed by atoms with Gasteiger partial charge in [-0.1, -0.05) is 11.3 Å². The number of thiazole rings is 1. The van der Waals surface area contributed by atoms with Crippen molar-refractivity contribution in [3.05, 3.63) is 39.6 Å². The molecule has 0 amide bonds. The molecule has 0 saturated carbocycles. The largest absolute Gasteiger partial charge is 0.573 e. The highest BCUT2D eigenvalue weighted by molar-refractivity contribution is 7.11. The van der Waals surface area contributed by atoms with Crippen molar-refractivity contribution < 1.29 is 22.7 Å². The molecule has 4 nitrogen and oxygen atoms in total. The highest BCUT2D eigenvalue weighted by Gasteiger charge is 2.30. The van der Waals surface area contributed by atoms with Gasteiger partial charge in [0.2, 0.25) is 0 Å². The van der Waals surface area contributed by atoms with Crippen molar-refractivity contribution in [2.45, 2.75) is 33.7 Å². The molecule has 0 aliphatic heterocycles. The van der Waals surface area contributed by atoms with Gasteiger partial charge in [-0.15, -0.1) is 13.2 Å². The Morgan fingerprint density at radius 1 is 1.30 bits per heavy atom. The number of rotatable bonds is 4. The van der Waals surface area contributed by atoms with Crippen LogP contribution in [-0.2, 0) is 6.54 Å². The van der Waals surface area contributed by atoms with Gasteiger partial charge in [0.1, 0.15) is 5.75 Å². The highest BCUT2D eigenvalue weighted by Crippen LogP contribution is 2.25. The summed E-state index contributed by atoms with van der Waals surface area (Å²) in [5, 5.41) is 0. The van der Waals surface area contributed by atoms with Gasteiger partial charge in [0.15, 0.2) is 10.6 Å². The maximum Gasteiger partial charge on any atom is 0.573 e. The number of ketones is 1. The quantitative estimate of drug-likeness (QED) is 0.780. The summed E-state index contributed by atoms with van der Waals surface area (Å²) in [6, 6.07) is 5.27. The fourth-order valence-electron chi connectivity index (χ4n) is 2.10. The van der Waals surface area contributed by atoms with E-state index in [0.717, 1.165) is 5.69 Å². The Balaban J connectivity index is 2.39. The number of carbonyl (C=O) groups excluding carboxylic acids is 1. The second-order valence-electron chi connectivity index (χ2n) is 4.75. The first kappa shape index (κ1) is 17.3. The van der Waals surface area contributed by atoms with E-state index in [9.17, 15) is 18.0 Å². The summed E-state index contributed by atoms with van der Waals surface area (Å²) in [5.41, 5.74) is 1.32. The molecule has 0 saturated heterocycles. The SMILES string of the molecule is CCn1c(C)c(C(C)=O)s/c1=N/c1ccc(OC(F)(F)F)cc1. The van der Waals surface area contributed by atoms with Crippen molar-refractivity contribution in [1.82, 2.24) is 4.57 Å². The van der Waals surface area contributed by atoms with Crippen molar-refractivity contribution in [1.29, 1.82) is 0 Å². The summed E-state index contributed by atoms with van der Waals surface area (Å²) in [4.78, 5) is 17.3. The van der Waals surface area contributed by atoms with Crippen molar-refractivity contribution in [3.8, 4) is 5.75 Å². The van der Waals surface area contributed by atoms with Crippen LogP contribution in [0.2, 0.25) is 0 Å². The maximum atomic E-state index is 12.1. The zero-order chi connectivity index (χ0) is 17.2. The predicted octanol–water partition coefficient (Wildman–Crippen LogP) is 4.21. The summed E-state index contributed by atoms with van der Waals surface area (Å²) in [7, 11) is 0. The van der Waals surface area contributed by atoms with Crippen LogP contribution in [-0.4, -0.2) is 16.7 Å². The number of aromatic nitrogens is 1. The third kappa shape index (κ3) is 4.22. The Hall–Kier alpha value is -2.09. The summed E-state index contributed by atoms with van der Waals surface area (Å²) >= 11 is 1.26. The number of Topliss-reactive ketones (excluding diaryl/α,β-unsaturated/α-hetero) is 1. The molecule has 124 valence electrons. The van der Waals surface area contributed by atoms with E-state index in [1.165, 1.54) is 42.5 Å². The number of nitrogens with zero attached hydrogens (tertiary/aromatic N) is 2. The molecule has 1 aromatic heterocycles. The topological polar surface area (TPSA) is 43.6 Å². The van der Waals surface area contributed by atoms with Gasteiger partial charge < -0.3 is 9.30 Å². The Morgan fingerprint density at radius 3 is 2.39 bits per heavy atom. The number of hydrogen-bond acceptors (Lipinski definition) is 4. The molecule has 2 aromatic rings. The Morgan fingerprint density at radius 2 is 1.91 bits per heavy atom. The molecular weight excluding hydrogens is 329 g/mol. The van der Waals surface area contributed by atoms with Gasteiger partial charge in [-0.25, -0.2) is 4.99 Å². The van der Waals surface area contributed by atoms with Gasteiger partial charge in [0.25, 0.3) is 0 Å². The molecule has 0 fully saturated rings. The van der Waals surface area contributed by atoms with Crippen LogP contribution in [0.4, 0.5) is 18.9 Å². The average molecular weight is 344 g/mol. The molecule has 2 rings (SSSR count). The second-order valence-corrected chi connectivity index (χ2v) is 5.73. The summed E-state index contributed by atoms with van der Waals surface area (Å²) in [6.07, 6.45) is -4.72. The molecule has 0 radical (unpaired) electrons. The fraction of sp³-hybridized carbons (Fsp3) is 0.333. The van der Waals surface area contributed by atoms with Crippen LogP contribution in [0.5, 0.6) is 5.75 Å². The van der Waals surface area contributed by atoms with Gasteiger partial charge in [0.05, 0.1) is 10.6 Å². The first-order chi connectivity index (χ1) is 10.7. The third-order valence-electron chi connectivity index (χ3n) is 3.09. The molecule has 8 heteroatoms. The molecule has 1 aromatic carbocycles. The smallest absolute Gasteiger partial charge is 0.406 e. The third-order valence-corrected chi connectivity index (χ3v) is 4.37. The van der Waals surface area contributed by atoms with Gasteiger partial charge in [-0.2, -0.15) is 0 Å². The lowest BCUT2D eigenvalue weighted by molar-refractivity contribution is -0.274. The van der Waals surface area contributed by atoms with E-state index in [0.29, 0.717) is 21.9 Å².